The Balaban J connectivity index is 3.54. The molecule has 0 spiro atoms. The Bertz CT molecular complexity index is 639. The van der Waals surface area contributed by atoms with Crippen LogP contribution in [0.25, 0.3) is 0 Å². The average molecular weight is 317 g/mol. The first-order valence-electron chi connectivity index (χ1n) is 4.28. The zero-order chi connectivity index (χ0) is 14.8. The van der Waals surface area contributed by atoms with E-state index in [1.54, 1.807) is 0 Å². The molecule has 1 heterocycles. The fourth-order valence-electron chi connectivity index (χ4n) is 1.10. The van der Waals surface area contributed by atoms with Crippen molar-refractivity contribution in [3.05, 3.63) is 11.6 Å². The van der Waals surface area contributed by atoms with E-state index in [0.717, 1.165) is 7.11 Å². The molecule has 0 aliphatic heterocycles. The number of nitriles is 1. The van der Waals surface area contributed by atoms with Crippen molar-refractivity contribution in [2.45, 2.75) is 11.4 Å². The second kappa shape index (κ2) is 5.10. The summed E-state index contributed by atoms with van der Waals surface area (Å²) in [6.45, 7) is 0. The molecule has 1 aromatic rings. The standard InChI is InChI=1S/C8H4ClF3N2O4S/c1-17-6-4(3-13)2-5(18-8(10,11)12)14-7(6)19(9,15)16/h2H,1H3. The molecule has 0 fully saturated rings. The number of methoxy groups -OCH3 is 1. The van der Waals surface area contributed by atoms with Crippen molar-refractivity contribution in [1.29, 1.82) is 5.26 Å². The molecule has 0 saturated heterocycles. The largest absolute Gasteiger partial charge is 0.574 e. The quantitative estimate of drug-likeness (QED) is 0.790. The van der Waals surface area contributed by atoms with Crippen LogP contribution in [-0.4, -0.2) is 26.9 Å². The molecule has 0 saturated carbocycles. The number of halogens is 4. The van der Waals surface area contributed by atoms with Crippen LogP contribution >= 0.6 is 10.7 Å². The highest BCUT2D eigenvalue weighted by atomic mass is 35.7. The average Bonchev–Trinajstić information content (AvgIpc) is 2.24. The summed E-state index contributed by atoms with van der Waals surface area (Å²) in [6.07, 6.45) is -5.10. The number of hydrogen-bond donors (Lipinski definition) is 0. The van der Waals surface area contributed by atoms with Gasteiger partial charge in [-0.1, -0.05) is 0 Å². The molecule has 0 aliphatic carbocycles. The maximum Gasteiger partial charge on any atom is 0.574 e. The lowest BCUT2D eigenvalue weighted by molar-refractivity contribution is -0.276. The summed E-state index contributed by atoms with van der Waals surface area (Å²) in [7, 11) is 1.49. The van der Waals surface area contributed by atoms with Crippen molar-refractivity contribution >= 4 is 19.7 Å². The smallest absolute Gasteiger partial charge is 0.492 e. The predicted octanol–water partition coefficient (Wildman–Crippen LogP) is 1.79. The first-order valence-corrected chi connectivity index (χ1v) is 6.59. The maximum absolute atomic E-state index is 12.0. The highest BCUT2D eigenvalue weighted by molar-refractivity contribution is 8.13. The van der Waals surface area contributed by atoms with Crippen LogP contribution in [0.1, 0.15) is 5.56 Å². The van der Waals surface area contributed by atoms with Crippen LogP contribution in [0.15, 0.2) is 11.1 Å². The van der Waals surface area contributed by atoms with E-state index < -0.39 is 37.6 Å². The third kappa shape index (κ3) is 3.87. The summed E-state index contributed by atoms with van der Waals surface area (Å²) < 4.78 is 66.5. The Hall–Kier alpha value is -1.73. The van der Waals surface area contributed by atoms with E-state index in [0.29, 0.717) is 6.07 Å². The number of alkyl halides is 3. The minimum atomic E-state index is -5.10. The lowest BCUT2D eigenvalue weighted by atomic mass is 10.2. The van der Waals surface area contributed by atoms with Gasteiger partial charge in [-0.15, -0.1) is 13.2 Å². The van der Waals surface area contributed by atoms with Gasteiger partial charge in [0.25, 0.3) is 9.05 Å². The molecule has 0 bridgehead atoms. The number of ether oxygens (including phenoxy) is 2. The van der Waals surface area contributed by atoms with E-state index in [2.05, 4.69) is 14.5 Å². The molecule has 0 amide bonds. The molecule has 0 aromatic carbocycles. The van der Waals surface area contributed by atoms with E-state index in [1.165, 1.54) is 6.07 Å². The maximum atomic E-state index is 12.0. The van der Waals surface area contributed by atoms with Gasteiger partial charge in [0.05, 0.1) is 7.11 Å². The van der Waals surface area contributed by atoms with E-state index >= 15 is 0 Å². The summed E-state index contributed by atoms with van der Waals surface area (Å²) in [5, 5.41) is 7.70. The molecule has 19 heavy (non-hydrogen) atoms. The Kier molecular flexibility index (Phi) is 4.12. The third-order valence-electron chi connectivity index (χ3n) is 1.69. The highest BCUT2D eigenvalue weighted by Gasteiger charge is 2.34. The molecule has 0 atom stereocenters. The summed E-state index contributed by atoms with van der Waals surface area (Å²) in [6, 6.07) is 2.03. The summed E-state index contributed by atoms with van der Waals surface area (Å²) >= 11 is 0. The van der Waals surface area contributed by atoms with E-state index in [9.17, 15) is 21.6 Å². The molecule has 0 aliphatic rings. The van der Waals surface area contributed by atoms with Crippen LogP contribution in [-0.2, 0) is 9.05 Å². The van der Waals surface area contributed by atoms with Gasteiger partial charge in [-0.2, -0.15) is 10.2 Å². The molecular formula is C8H4ClF3N2O4S. The number of rotatable bonds is 3. The van der Waals surface area contributed by atoms with Crippen LogP contribution in [0.5, 0.6) is 11.6 Å². The topological polar surface area (TPSA) is 89.3 Å². The molecule has 1 aromatic heterocycles. The molecule has 0 radical (unpaired) electrons. The number of nitrogens with zero attached hydrogens (tertiary/aromatic N) is 2. The van der Waals surface area contributed by atoms with Crippen molar-refractivity contribution in [3.63, 3.8) is 0 Å². The van der Waals surface area contributed by atoms with Gasteiger partial charge in [0.2, 0.25) is 10.9 Å². The molecule has 0 unspecified atom stereocenters. The van der Waals surface area contributed by atoms with Gasteiger partial charge in [0.1, 0.15) is 11.6 Å². The van der Waals surface area contributed by atoms with Crippen molar-refractivity contribution in [2.75, 3.05) is 7.11 Å². The van der Waals surface area contributed by atoms with Crippen molar-refractivity contribution in [1.82, 2.24) is 4.98 Å². The summed E-state index contributed by atoms with van der Waals surface area (Å²) in [4.78, 5) is 3.07. The van der Waals surface area contributed by atoms with Crippen LogP contribution in [0.4, 0.5) is 13.2 Å². The Morgan fingerprint density at radius 3 is 2.42 bits per heavy atom. The zero-order valence-corrected chi connectivity index (χ0v) is 10.6. The minimum Gasteiger partial charge on any atom is -0.492 e. The second-order valence-corrected chi connectivity index (χ2v) is 5.43. The molecule has 6 nitrogen and oxygen atoms in total. The van der Waals surface area contributed by atoms with Crippen LogP contribution in [0, 0.1) is 11.3 Å². The lowest BCUT2D eigenvalue weighted by Gasteiger charge is -2.11. The zero-order valence-electron chi connectivity index (χ0n) is 9.02. The fourth-order valence-corrected chi connectivity index (χ4v) is 2.03. The first-order chi connectivity index (χ1) is 8.58. The Morgan fingerprint density at radius 2 is 2.05 bits per heavy atom. The van der Waals surface area contributed by atoms with E-state index in [1.807, 2.05) is 0 Å². The van der Waals surface area contributed by atoms with Crippen molar-refractivity contribution < 1.29 is 31.1 Å². The molecule has 1 rings (SSSR count). The van der Waals surface area contributed by atoms with Crippen LogP contribution < -0.4 is 9.47 Å². The molecular weight excluding hydrogens is 313 g/mol. The SMILES string of the molecule is COc1c(C#N)cc(OC(F)(F)F)nc1S(=O)(=O)Cl. The molecule has 11 heteroatoms. The van der Waals surface area contributed by atoms with Gasteiger partial charge in [-0.3, -0.25) is 0 Å². The monoisotopic (exact) mass is 316 g/mol. The fraction of sp³-hybridized carbons (Fsp3) is 0.250. The van der Waals surface area contributed by atoms with Gasteiger partial charge >= 0.3 is 6.36 Å². The predicted molar refractivity (Wildman–Crippen MR) is 55.2 cm³/mol. The van der Waals surface area contributed by atoms with Crippen molar-refractivity contribution in [2.24, 2.45) is 0 Å². The number of aromatic nitrogens is 1. The molecule has 0 N–H and O–H groups in total. The van der Waals surface area contributed by atoms with Gasteiger partial charge in [-0.05, 0) is 0 Å². The van der Waals surface area contributed by atoms with Gasteiger partial charge in [0, 0.05) is 16.7 Å². The summed E-state index contributed by atoms with van der Waals surface area (Å²) in [5.41, 5.74) is -0.518. The first kappa shape index (κ1) is 15.3. The normalized spacial score (nSPS) is 11.8. The van der Waals surface area contributed by atoms with Crippen LogP contribution in [0.2, 0.25) is 0 Å². The minimum absolute atomic E-state index is 0.518. The van der Waals surface area contributed by atoms with Crippen molar-refractivity contribution in [3.8, 4) is 17.7 Å². The van der Waals surface area contributed by atoms with Gasteiger partial charge in [0.15, 0.2) is 5.75 Å². The third-order valence-corrected chi connectivity index (χ3v) is 2.87. The van der Waals surface area contributed by atoms with Gasteiger partial charge in [-0.25, -0.2) is 8.42 Å². The van der Waals surface area contributed by atoms with Crippen LogP contribution in [0.3, 0.4) is 0 Å². The lowest BCUT2D eigenvalue weighted by Crippen LogP contribution is -2.18. The van der Waals surface area contributed by atoms with Gasteiger partial charge < -0.3 is 9.47 Å². The molecule has 104 valence electrons. The number of hydrogen-bond acceptors (Lipinski definition) is 6. The Labute approximate surface area is 109 Å². The number of pyridine rings is 1. The highest BCUT2D eigenvalue weighted by Crippen LogP contribution is 2.33. The Morgan fingerprint density at radius 1 is 1.47 bits per heavy atom. The summed E-state index contributed by atoms with van der Waals surface area (Å²) in [5.74, 6) is -1.70. The second-order valence-electron chi connectivity index (χ2n) is 2.94. The van der Waals surface area contributed by atoms with E-state index in [-0.39, 0.29) is 0 Å². The van der Waals surface area contributed by atoms with E-state index in [4.69, 9.17) is 15.9 Å².